The molecule has 1 aliphatic heterocycles. The highest BCUT2D eigenvalue weighted by atomic mass is 16.5. The van der Waals surface area contributed by atoms with Crippen LogP contribution in [0.5, 0.6) is 0 Å². The number of aryl methyl sites for hydroxylation is 1. The van der Waals surface area contributed by atoms with Crippen LogP contribution in [-0.2, 0) is 11.3 Å². The Bertz CT molecular complexity index is 293. The summed E-state index contributed by atoms with van der Waals surface area (Å²) in [7, 11) is 0. The lowest BCUT2D eigenvalue weighted by Gasteiger charge is -2.26. The van der Waals surface area contributed by atoms with Crippen molar-refractivity contribution in [2.75, 3.05) is 26.3 Å². The summed E-state index contributed by atoms with van der Waals surface area (Å²) in [5.41, 5.74) is 2.75. The predicted molar refractivity (Wildman–Crippen MR) is 68.6 cm³/mol. The Hall–Kier alpha value is -0.860. The van der Waals surface area contributed by atoms with Crippen molar-refractivity contribution in [3.8, 4) is 0 Å². The Labute approximate surface area is 99.2 Å². The van der Waals surface area contributed by atoms with Gasteiger partial charge in [0.25, 0.3) is 0 Å². The molecule has 2 rings (SSSR count). The molecule has 1 saturated heterocycles. The molecule has 0 bridgehead atoms. The van der Waals surface area contributed by atoms with E-state index in [0.29, 0.717) is 0 Å². The summed E-state index contributed by atoms with van der Waals surface area (Å²) in [4.78, 5) is 2.44. The largest absolute Gasteiger partial charge is 0.379 e. The summed E-state index contributed by atoms with van der Waals surface area (Å²) >= 11 is 0. The third-order valence-electron chi connectivity index (χ3n) is 2.59. The van der Waals surface area contributed by atoms with E-state index >= 15 is 0 Å². The topological polar surface area (TPSA) is 12.5 Å². The SMILES string of the molecule is CC.Cc1cccc(CN2CCOCC2)c1. The maximum Gasteiger partial charge on any atom is 0.0594 e. The summed E-state index contributed by atoms with van der Waals surface area (Å²) < 4.78 is 5.32. The summed E-state index contributed by atoms with van der Waals surface area (Å²) in [5, 5.41) is 0. The number of hydrogen-bond donors (Lipinski definition) is 0. The van der Waals surface area contributed by atoms with Gasteiger partial charge in [-0.25, -0.2) is 0 Å². The monoisotopic (exact) mass is 221 g/mol. The third-order valence-corrected chi connectivity index (χ3v) is 2.59. The normalized spacial score (nSPS) is 16.4. The fourth-order valence-electron chi connectivity index (χ4n) is 1.83. The minimum Gasteiger partial charge on any atom is -0.379 e. The first-order valence-electron chi connectivity index (χ1n) is 6.20. The smallest absolute Gasteiger partial charge is 0.0594 e. The van der Waals surface area contributed by atoms with Gasteiger partial charge in [0, 0.05) is 19.6 Å². The molecule has 2 heteroatoms. The molecule has 2 nitrogen and oxygen atoms in total. The minimum absolute atomic E-state index is 0.881. The van der Waals surface area contributed by atoms with Crippen molar-refractivity contribution in [2.45, 2.75) is 27.3 Å². The summed E-state index contributed by atoms with van der Waals surface area (Å²) in [6, 6.07) is 8.73. The van der Waals surface area contributed by atoms with Gasteiger partial charge in [-0.15, -0.1) is 0 Å². The Balaban J connectivity index is 0.000000606. The minimum atomic E-state index is 0.881. The number of hydrogen-bond acceptors (Lipinski definition) is 2. The van der Waals surface area contributed by atoms with Gasteiger partial charge in [-0.05, 0) is 12.5 Å². The molecule has 1 aromatic carbocycles. The van der Waals surface area contributed by atoms with Gasteiger partial charge in [0.1, 0.15) is 0 Å². The zero-order chi connectivity index (χ0) is 11.8. The molecule has 1 fully saturated rings. The molecule has 0 atom stereocenters. The van der Waals surface area contributed by atoms with Gasteiger partial charge < -0.3 is 4.74 Å². The van der Waals surface area contributed by atoms with Gasteiger partial charge in [-0.1, -0.05) is 43.7 Å². The van der Waals surface area contributed by atoms with Crippen molar-refractivity contribution < 1.29 is 4.74 Å². The van der Waals surface area contributed by atoms with Gasteiger partial charge in [0.2, 0.25) is 0 Å². The lowest BCUT2D eigenvalue weighted by atomic mass is 10.1. The van der Waals surface area contributed by atoms with E-state index in [0.717, 1.165) is 32.8 Å². The first-order chi connectivity index (χ1) is 7.84. The number of rotatable bonds is 2. The van der Waals surface area contributed by atoms with Crippen LogP contribution in [0, 0.1) is 6.92 Å². The third kappa shape index (κ3) is 4.33. The lowest BCUT2D eigenvalue weighted by Crippen LogP contribution is -2.35. The highest BCUT2D eigenvalue weighted by molar-refractivity contribution is 5.22. The Morgan fingerprint density at radius 1 is 1.19 bits per heavy atom. The maximum atomic E-state index is 5.32. The van der Waals surface area contributed by atoms with Crippen LogP contribution in [0.4, 0.5) is 0 Å². The van der Waals surface area contributed by atoms with Crippen molar-refractivity contribution in [3.05, 3.63) is 35.4 Å². The van der Waals surface area contributed by atoms with Gasteiger partial charge in [0.05, 0.1) is 13.2 Å². The molecule has 0 aromatic heterocycles. The number of nitrogens with zero attached hydrogens (tertiary/aromatic N) is 1. The zero-order valence-corrected chi connectivity index (χ0v) is 10.7. The highest BCUT2D eigenvalue weighted by Crippen LogP contribution is 2.08. The first kappa shape index (κ1) is 13.2. The van der Waals surface area contributed by atoms with Crippen molar-refractivity contribution in [1.82, 2.24) is 4.90 Å². The van der Waals surface area contributed by atoms with Crippen LogP contribution >= 0.6 is 0 Å². The van der Waals surface area contributed by atoms with Crippen LogP contribution in [0.25, 0.3) is 0 Å². The second-order valence-electron chi connectivity index (χ2n) is 3.88. The van der Waals surface area contributed by atoms with E-state index in [1.165, 1.54) is 11.1 Å². The molecule has 0 radical (unpaired) electrons. The van der Waals surface area contributed by atoms with Crippen molar-refractivity contribution in [1.29, 1.82) is 0 Å². The predicted octanol–water partition coefficient (Wildman–Crippen LogP) is 2.85. The van der Waals surface area contributed by atoms with Gasteiger partial charge >= 0.3 is 0 Å². The summed E-state index contributed by atoms with van der Waals surface area (Å²) in [5.74, 6) is 0. The number of morpholine rings is 1. The fourth-order valence-corrected chi connectivity index (χ4v) is 1.83. The Morgan fingerprint density at radius 3 is 2.50 bits per heavy atom. The molecule has 90 valence electrons. The summed E-state index contributed by atoms with van der Waals surface area (Å²) in [6.45, 7) is 11.1. The van der Waals surface area contributed by atoms with Crippen LogP contribution < -0.4 is 0 Å². The molecule has 1 heterocycles. The maximum absolute atomic E-state index is 5.32. The lowest BCUT2D eigenvalue weighted by molar-refractivity contribution is 0.0342. The van der Waals surface area contributed by atoms with Crippen LogP contribution in [0.15, 0.2) is 24.3 Å². The van der Waals surface area contributed by atoms with Gasteiger partial charge in [-0.2, -0.15) is 0 Å². The average Bonchev–Trinajstić information content (AvgIpc) is 2.33. The van der Waals surface area contributed by atoms with Crippen molar-refractivity contribution in [3.63, 3.8) is 0 Å². The van der Waals surface area contributed by atoms with Crippen LogP contribution in [0.1, 0.15) is 25.0 Å². The van der Waals surface area contributed by atoms with E-state index in [4.69, 9.17) is 4.74 Å². The van der Waals surface area contributed by atoms with E-state index in [9.17, 15) is 0 Å². The number of benzene rings is 1. The zero-order valence-electron chi connectivity index (χ0n) is 10.7. The van der Waals surface area contributed by atoms with E-state index in [-0.39, 0.29) is 0 Å². The van der Waals surface area contributed by atoms with Crippen molar-refractivity contribution >= 4 is 0 Å². The second-order valence-corrected chi connectivity index (χ2v) is 3.88. The Kier molecular flexibility index (Phi) is 6.12. The molecule has 16 heavy (non-hydrogen) atoms. The molecule has 0 unspecified atom stereocenters. The van der Waals surface area contributed by atoms with Gasteiger partial charge in [0.15, 0.2) is 0 Å². The standard InChI is InChI=1S/C12H17NO.C2H6/c1-11-3-2-4-12(9-11)10-13-5-7-14-8-6-13;1-2/h2-4,9H,5-8,10H2,1H3;1-2H3. The van der Waals surface area contributed by atoms with E-state index in [1.54, 1.807) is 0 Å². The fraction of sp³-hybridized carbons (Fsp3) is 0.571. The molecular formula is C14H23NO. The molecule has 0 aliphatic carbocycles. The Morgan fingerprint density at radius 2 is 1.88 bits per heavy atom. The first-order valence-corrected chi connectivity index (χ1v) is 6.20. The molecule has 1 aliphatic rings. The molecule has 0 saturated carbocycles. The van der Waals surface area contributed by atoms with E-state index < -0.39 is 0 Å². The molecular weight excluding hydrogens is 198 g/mol. The molecule has 0 N–H and O–H groups in total. The average molecular weight is 221 g/mol. The molecule has 0 spiro atoms. The van der Waals surface area contributed by atoms with Crippen LogP contribution in [0.3, 0.4) is 0 Å². The van der Waals surface area contributed by atoms with E-state index in [1.807, 2.05) is 13.8 Å². The summed E-state index contributed by atoms with van der Waals surface area (Å²) in [6.07, 6.45) is 0. The van der Waals surface area contributed by atoms with Crippen LogP contribution in [-0.4, -0.2) is 31.2 Å². The molecule has 0 amide bonds. The molecule has 1 aromatic rings. The second kappa shape index (κ2) is 7.42. The van der Waals surface area contributed by atoms with E-state index in [2.05, 4.69) is 36.1 Å². The number of ether oxygens (including phenoxy) is 1. The van der Waals surface area contributed by atoms with Gasteiger partial charge in [-0.3, -0.25) is 4.90 Å². The quantitative estimate of drug-likeness (QED) is 0.761. The van der Waals surface area contributed by atoms with Crippen molar-refractivity contribution in [2.24, 2.45) is 0 Å². The highest BCUT2D eigenvalue weighted by Gasteiger charge is 2.10. The van der Waals surface area contributed by atoms with Crippen LogP contribution in [0.2, 0.25) is 0 Å².